The Morgan fingerprint density at radius 1 is 1.44 bits per heavy atom. The average Bonchev–Trinajstić information content (AvgIpc) is 2.74. The molecule has 0 bridgehead atoms. The molecule has 1 aromatic rings. The summed E-state index contributed by atoms with van der Waals surface area (Å²) in [6, 6.07) is 1.81. The zero-order chi connectivity index (χ0) is 11.4. The third kappa shape index (κ3) is 3.32. The summed E-state index contributed by atoms with van der Waals surface area (Å²) in [7, 11) is 0. The smallest absolute Gasteiger partial charge is 0.348 e. The largest absolute Gasteiger partial charge is 0.461 e. The highest BCUT2D eigenvalue weighted by molar-refractivity contribution is 9.10. The predicted molar refractivity (Wildman–Crippen MR) is 68.9 cm³/mol. The van der Waals surface area contributed by atoms with Crippen LogP contribution in [0.25, 0.3) is 0 Å². The van der Waals surface area contributed by atoms with Crippen molar-refractivity contribution in [1.82, 2.24) is 0 Å². The second-order valence-electron chi connectivity index (χ2n) is 4.23. The molecule has 88 valence electrons. The molecule has 1 heterocycles. The van der Waals surface area contributed by atoms with Gasteiger partial charge in [0.1, 0.15) is 4.88 Å². The van der Waals surface area contributed by atoms with Crippen molar-refractivity contribution in [2.75, 3.05) is 6.61 Å². The Hall–Kier alpha value is -0.350. The van der Waals surface area contributed by atoms with Crippen LogP contribution in [0, 0.1) is 5.92 Å². The van der Waals surface area contributed by atoms with Gasteiger partial charge < -0.3 is 4.74 Å². The standard InChI is InChI=1S/C12H15BrO2S/c13-10-6-11(16-8-10)12(14)15-7-9-4-2-1-3-5-9/h6,8-9H,1-5,7H2. The van der Waals surface area contributed by atoms with Gasteiger partial charge in [-0.2, -0.15) is 0 Å². The fourth-order valence-corrected chi connectivity index (χ4v) is 3.36. The quantitative estimate of drug-likeness (QED) is 0.780. The minimum absolute atomic E-state index is 0.179. The normalized spacial score (nSPS) is 17.3. The van der Waals surface area contributed by atoms with E-state index in [9.17, 15) is 4.79 Å². The van der Waals surface area contributed by atoms with Gasteiger partial charge in [0.25, 0.3) is 0 Å². The van der Waals surface area contributed by atoms with Crippen molar-refractivity contribution in [1.29, 1.82) is 0 Å². The first-order chi connectivity index (χ1) is 7.75. The van der Waals surface area contributed by atoms with Gasteiger partial charge >= 0.3 is 5.97 Å². The van der Waals surface area contributed by atoms with E-state index in [2.05, 4.69) is 15.9 Å². The number of rotatable bonds is 3. The van der Waals surface area contributed by atoms with Gasteiger partial charge in [0.2, 0.25) is 0 Å². The van der Waals surface area contributed by atoms with Crippen LogP contribution >= 0.6 is 27.3 Å². The Labute approximate surface area is 108 Å². The number of halogens is 1. The number of esters is 1. The molecule has 4 heteroatoms. The van der Waals surface area contributed by atoms with E-state index < -0.39 is 0 Å². The molecule has 2 rings (SSSR count). The molecule has 0 N–H and O–H groups in total. The van der Waals surface area contributed by atoms with Gasteiger partial charge in [0.05, 0.1) is 6.61 Å². The fraction of sp³-hybridized carbons (Fsp3) is 0.583. The lowest BCUT2D eigenvalue weighted by Crippen LogP contribution is -2.16. The molecule has 0 amide bonds. The highest BCUT2D eigenvalue weighted by Gasteiger charge is 2.16. The Bertz CT molecular complexity index is 356. The molecule has 0 aromatic carbocycles. The lowest BCUT2D eigenvalue weighted by atomic mass is 9.90. The summed E-state index contributed by atoms with van der Waals surface area (Å²) in [5.74, 6) is 0.405. The van der Waals surface area contributed by atoms with Crippen molar-refractivity contribution >= 4 is 33.2 Å². The highest BCUT2D eigenvalue weighted by Crippen LogP contribution is 2.25. The maximum absolute atomic E-state index is 11.7. The monoisotopic (exact) mass is 302 g/mol. The fourth-order valence-electron chi connectivity index (χ4n) is 2.04. The third-order valence-electron chi connectivity index (χ3n) is 2.94. The van der Waals surface area contributed by atoms with Gasteiger partial charge in [-0.15, -0.1) is 11.3 Å². The maximum atomic E-state index is 11.7. The Balaban J connectivity index is 1.79. The van der Waals surface area contributed by atoms with Crippen LogP contribution in [0.1, 0.15) is 41.8 Å². The van der Waals surface area contributed by atoms with Gasteiger partial charge in [0.15, 0.2) is 0 Å². The molecule has 1 aliphatic carbocycles. The molecule has 0 aliphatic heterocycles. The van der Waals surface area contributed by atoms with Crippen molar-refractivity contribution in [3.8, 4) is 0 Å². The van der Waals surface area contributed by atoms with E-state index in [1.807, 2.05) is 11.4 Å². The Morgan fingerprint density at radius 2 is 2.19 bits per heavy atom. The van der Waals surface area contributed by atoms with Crippen molar-refractivity contribution in [3.63, 3.8) is 0 Å². The lowest BCUT2D eigenvalue weighted by Gasteiger charge is -2.20. The van der Waals surface area contributed by atoms with Gasteiger partial charge in [-0.1, -0.05) is 19.3 Å². The molecule has 0 saturated heterocycles. The number of ether oxygens (including phenoxy) is 1. The van der Waals surface area contributed by atoms with Crippen LogP contribution in [-0.2, 0) is 4.74 Å². The van der Waals surface area contributed by atoms with Crippen LogP contribution in [0.4, 0.5) is 0 Å². The second kappa shape index (κ2) is 5.82. The summed E-state index contributed by atoms with van der Waals surface area (Å²) in [6.07, 6.45) is 6.32. The van der Waals surface area contributed by atoms with Crippen LogP contribution in [0.3, 0.4) is 0 Å². The molecule has 1 fully saturated rings. The molecule has 2 nitrogen and oxygen atoms in total. The van der Waals surface area contributed by atoms with Gasteiger partial charge in [-0.25, -0.2) is 4.79 Å². The number of hydrogen-bond acceptors (Lipinski definition) is 3. The van der Waals surface area contributed by atoms with Crippen LogP contribution in [0.5, 0.6) is 0 Å². The Morgan fingerprint density at radius 3 is 2.81 bits per heavy atom. The van der Waals surface area contributed by atoms with Crippen LogP contribution < -0.4 is 0 Å². The molecular weight excluding hydrogens is 288 g/mol. The molecule has 0 spiro atoms. The molecule has 1 aliphatic rings. The van der Waals surface area contributed by atoms with Crippen LogP contribution in [-0.4, -0.2) is 12.6 Å². The van der Waals surface area contributed by atoms with Crippen LogP contribution in [0.2, 0.25) is 0 Å². The number of carbonyl (C=O) groups is 1. The molecule has 1 saturated carbocycles. The second-order valence-corrected chi connectivity index (χ2v) is 6.06. The molecule has 16 heavy (non-hydrogen) atoms. The van der Waals surface area contributed by atoms with E-state index in [1.165, 1.54) is 43.4 Å². The topological polar surface area (TPSA) is 26.3 Å². The summed E-state index contributed by atoms with van der Waals surface area (Å²) in [5.41, 5.74) is 0. The summed E-state index contributed by atoms with van der Waals surface area (Å²) in [6.45, 7) is 0.592. The first kappa shape index (κ1) is 12.1. The molecule has 0 atom stereocenters. The molecule has 0 radical (unpaired) electrons. The van der Waals surface area contributed by atoms with E-state index in [4.69, 9.17) is 4.74 Å². The Kier molecular flexibility index (Phi) is 4.41. The average molecular weight is 303 g/mol. The summed E-state index contributed by atoms with van der Waals surface area (Å²) < 4.78 is 6.28. The van der Waals surface area contributed by atoms with Gasteiger partial charge in [-0.05, 0) is 40.8 Å². The van der Waals surface area contributed by atoms with Crippen molar-refractivity contribution in [2.45, 2.75) is 32.1 Å². The van der Waals surface area contributed by atoms with Gasteiger partial charge in [0, 0.05) is 9.85 Å². The van der Waals surface area contributed by atoms with Crippen molar-refractivity contribution < 1.29 is 9.53 Å². The first-order valence-corrected chi connectivity index (χ1v) is 7.34. The minimum Gasteiger partial charge on any atom is -0.461 e. The SMILES string of the molecule is O=C(OCC1CCCCC1)c1cc(Br)cs1. The molecular formula is C12H15BrO2S. The summed E-state index contributed by atoms with van der Waals surface area (Å²) in [5, 5.41) is 1.90. The van der Waals surface area contributed by atoms with Crippen molar-refractivity contribution in [2.24, 2.45) is 5.92 Å². The summed E-state index contributed by atoms with van der Waals surface area (Å²) in [4.78, 5) is 12.4. The first-order valence-electron chi connectivity index (χ1n) is 5.67. The zero-order valence-corrected chi connectivity index (χ0v) is 11.5. The van der Waals surface area contributed by atoms with E-state index in [0.717, 1.165) is 4.47 Å². The number of hydrogen-bond donors (Lipinski definition) is 0. The van der Waals surface area contributed by atoms with E-state index >= 15 is 0 Å². The van der Waals surface area contributed by atoms with Crippen molar-refractivity contribution in [3.05, 3.63) is 20.8 Å². The predicted octanol–water partition coefficient (Wildman–Crippen LogP) is 4.25. The minimum atomic E-state index is -0.179. The highest BCUT2D eigenvalue weighted by atomic mass is 79.9. The number of thiophene rings is 1. The summed E-state index contributed by atoms with van der Waals surface area (Å²) >= 11 is 4.75. The third-order valence-corrected chi connectivity index (χ3v) is 4.61. The lowest BCUT2D eigenvalue weighted by molar-refractivity contribution is 0.0416. The number of carbonyl (C=O) groups excluding carboxylic acids is 1. The van der Waals surface area contributed by atoms with Crippen LogP contribution in [0.15, 0.2) is 15.9 Å². The molecule has 0 unspecified atom stereocenters. The maximum Gasteiger partial charge on any atom is 0.348 e. The zero-order valence-electron chi connectivity index (χ0n) is 9.08. The van der Waals surface area contributed by atoms with Gasteiger partial charge in [-0.3, -0.25) is 0 Å². The van der Waals surface area contributed by atoms with E-state index in [1.54, 1.807) is 0 Å². The molecule has 1 aromatic heterocycles. The van der Waals surface area contributed by atoms with E-state index in [-0.39, 0.29) is 5.97 Å². The van der Waals surface area contributed by atoms with E-state index in [0.29, 0.717) is 17.4 Å².